The van der Waals surface area contributed by atoms with Crippen molar-refractivity contribution < 1.29 is 9.90 Å². The maximum absolute atomic E-state index is 9.98. The minimum atomic E-state index is -0.820. The van der Waals surface area contributed by atoms with Crippen molar-refractivity contribution in [3.05, 3.63) is 12.2 Å². The van der Waals surface area contributed by atoms with Crippen LogP contribution in [0.3, 0.4) is 0 Å². The molecule has 0 bridgehead atoms. The first-order chi connectivity index (χ1) is 4.66. The second-order valence-corrected chi connectivity index (χ2v) is 2.10. The molecule has 0 aromatic carbocycles. The van der Waals surface area contributed by atoms with Crippen molar-refractivity contribution in [2.75, 3.05) is 0 Å². The maximum Gasteiger partial charge on any atom is 0.307 e. The highest BCUT2D eigenvalue weighted by molar-refractivity contribution is 5.68. The van der Waals surface area contributed by atoms with Gasteiger partial charge in [0.25, 0.3) is 0 Å². The van der Waals surface area contributed by atoms with E-state index < -0.39 is 5.97 Å². The van der Waals surface area contributed by atoms with Crippen molar-refractivity contribution in [3.63, 3.8) is 0 Å². The Labute approximate surface area is 60.5 Å². The molecular formula is C7H13NO2. The van der Waals surface area contributed by atoms with E-state index in [1.807, 2.05) is 6.92 Å². The van der Waals surface area contributed by atoms with Crippen molar-refractivity contribution >= 4 is 5.97 Å². The maximum atomic E-state index is 9.98. The minimum Gasteiger partial charge on any atom is -0.481 e. The molecule has 0 aromatic heterocycles. The van der Waals surface area contributed by atoms with Crippen LogP contribution in [0.25, 0.3) is 0 Å². The zero-order valence-electron chi connectivity index (χ0n) is 6.08. The standard InChI is InChI=1S/C7H13NO2/c1-2-6(8)4-3-5-7(9)10/h3-4,6H,2,5,8H2,1H3,(H,9,10)/b4-3-/t6-/m1/s1. The number of hydrogen-bond acceptors (Lipinski definition) is 2. The van der Waals surface area contributed by atoms with Crippen LogP contribution >= 0.6 is 0 Å². The van der Waals surface area contributed by atoms with Crippen molar-refractivity contribution in [3.8, 4) is 0 Å². The molecule has 0 aliphatic rings. The Morgan fingerprint density at radius 3 is 2.80 bits per heavy atom. The molecular weight excluding hydrogens is 130 g/mol. The highest BCUT2D eigenvalue weighted by Crippen LogP contribution is 1.90. The van der Waals surface area contributed by atoms with Gasteiger partial charge in [0.2, 0.25) is 0 Å². The van der Waals surface area contributed by atoms with E-state index in [2.05, 4.69) is 0 Å². The van der Waals surface area contributed by atoms with Crippen LogP contribution in [0, 0.1) is 0 Å². The lowest BCUT2D eigenvalue weighted by Crippen LogP contribution is -2.14. The van der Waals surface area contributed by atoms with Crippen LogP contribution in [-0.2, 0) is 4.79 Å². The van der Waals surface area contributed by atoms with E-state index in [1.165, 1.54) is 0 Å². The molecule has 0 spiro atoms. The molecule has 3 nitrogen and oxygen atoms in total. The van der Waals surface area contributed by atoms with Crippen molar-refractivity contribution in [2.24, 2.45) is 5.73 Å². The Kier molecular flexibility index (Phi) is 4.58. The quantitative estimate of drug-likeness (QED) is 0.571. The van der Waals surface area contributed by atoms with Gasteiger partial charge in [-0.05, 0) is 6.42 Å². The fourth-order valence-electron chi connectivity index (χ4n) is 0.480. The number of carboxylic acid groups (broad SMARTS) is 1. The number of aliphatic carboxylic acids is 1. The lowest BCUT2D eigenvalue weighted by atomic mass is 10.2. The summed E-state index contributed by atoms with van der Waals surface area (Å²) in [4.78, 5) is 9.98. The third kappa shape index (κ3) is 5.31. The van der Waals surface area contributed by atoms with E-state index >= 15 is 0 Å². The first kappa shape index (κ1) is 9.17. The lowest BCUT2D eigenvalue weighted by molar-refractivity contribution is -0.136. The molecule has 0 aliphatic heterocycles. The molecule has 1 atom stereocenters. The molecule has 0 heterocycles. The summed E-state index contributed by atoms with van der Waals surface area (Å²) >= 11 is 0. The normalized spacial score (nSPS) is 13.8. The first-order valence-electron chi connectivity index (χ1n) is 3.30. The van der Waals surface area contributed by atoms with Gasteiger partial charge in [0, 0.05) is 6.04 Å². The molecule has 0 amide bonds. The van der Waals surface area contributed by atoms with Crippen LogP contribution in [0.5, 0.6) is 0 Å². The molecule has 0 saturated heterocycles. The van der Waals surface area contributed by atoms with Gasteiger partial charge in [-0.15, -0.1) is 0 Å². The van der Waals surface area contributed by atoms with Crippen molar-refractivity contribution in [1.29, 1.82) is 0 Å². The van der Waals surface area contributed by atoms with Crippen LogP contribution in [-0.4, -0.2) is 17.1 Å². The number of nitrogens with two attached hydrogens (primary N) is 1. The summed E-state index contributed by atoms with van der Waals surface area (Å²) in [7, 11) is 0. The summed E-state index contributed by atoms with van der Waals surface area (Å²) in [5.41, 5.74) is 5.48. The van der Waals surface area contributed by atoms with Gasteiger partial charge in [-0.2, -0.15) is 0 Å². The number of rotatable bonds is 4. The largest absolute Gasteiger partial charge is 0.481 e. The molecule has 0 unspecified atom stereocenters. The van der Waals surface area contributed by atoms with Crippen LogP contribution < -0.4 is 5.73 Å². The zero-order chi connectivity index (χ0) is 7.98. The molecule has 0 aromatic rings. The molecule has 0 saturated carbocycles. The summed E-state index contributed by atoms with van der Waals surface area (Å²) < 4.78 is 0. The molecule has 0 fully saturated rings. The van der Waals surface area contributed by atoms with Gasteiger partial charge in [-0.3, -0.25) is 4.79 Å². The topological polar surface area (TPSA) is 63.3 Å². The average molecular weight is 143 g/mol. The average Bonchev–Trinajstić information content (AvgIpc) is 1.87. The SMILES string of the molecule is CC[C@@H](N)/C=C\CC(=O)O. The fourth-order valence-corrected chi connectivity index (χ4v) is 0.480. The fraction of sp³-hybridized carbons (Fsp3) is 0.571. The molecule has 0 radical (unpaired) electrons. The summed E-state index contributed by atoms with van der Waals surface area (Å²) in [6, 6.07) is -0.000602. The molecule has 3 heteroatoms. The van der Waals surface area contributed by atoms with Gasteiger partial charge in [-0.1, -0.05) is 19.1 Å². The van der Waals surface area contributed by atoms with Crippen LogP contribution in [0.4, 0.5) is 0 Å². The summed E-state index contributed by atoms with van der Waals surface area (Å²) in [6.07, 6.45) is 4.20. The van der Waals surface area contributed by atoms with E-state index in [0.29, 0.717) is 0 Å². The van der Waals surface area contributed by atoms with Gasteiger partial charge < -0.3 is 10.8 Å². The Balaban J connectivity index is 3.45. The second kappa shape index (κ2) is 4.99. The van der Waals surface area contributed by atoms with Crippen LogP contribution in [0.15, 0.2) is 12.2 Å². The summed E-state index contributed by atoms with van der Waals surface area (Å²) in [5, 5.41) is 8.21. The highest BCUT2D eigenvalue weighted by Gasteiger charge is 1.92. The van der Waals surface area contributed by atoms with E-state index in [0.717, 1.165) is 6.42 Å². The number of hydrogen-bond donors (Lipinski definition) is 2. The van der Waals surface area contributed by atoms with Gasteiger partial charge in [0.1, 0.15) is 0 Å². The van der Waals surface area contributed by atoms with Gasteiger partial charge in [0.15, 0.2) is 0 Å². The predicted octanol–water partition coefficient (Wildman–Crippen LogP) is 0.755. The van der Waals surface area contributed by atoms with E-state index in [-0.39, 0.29) is 12.5 Å². The van der Waals surface area contributed by atoms with Gasteiger partial charge in [-0.25, -0.2) is 0 Å². The third-order valence-electron chi connectivity index (χ3n) is 1.15. The summed E-state index contributed by atoms with van der Waals surface area (Å²) in [6.45, 7) is 1.95. The monoisotopic (exact) mass is 143 g/mol. The Morgan fingerprint density at radius 2 is 2.40 bits per heavy atom. The lowest BCUT2D eigenvalue weighted by Gasteiger charge is -1.97. The number of carboxylic acids is 1. The highest BCUT2D eigenvalue weighted by atomic mass is 16.4. The van der Waals surface area contributed by atoms with Crippen molar-refractivity contribution in [2.45, 2.75) is 25.8 Å². The Hall–Kier alpha value is -0.830. The minimum absolute atomic E-state index is 0.000602. The molecule has 0 aliphatic carbocycles. The predicted molar refractivity (Wildman–Crippen MR) is 39.7 cm³/mol. The summed E-state index contributed by atoms with van der Waals surface area (Å²) in [5.74, 6) is -0.820. The van der Waals surface area contributed by atoms with Crippen LogP contribution in [0.2, 0.25) is 0 Å². The van der Waals surface area contributed by atoms with Crippen LogP contribution in [0.1, 0.15) is 19.8 Å². The van der Waals surface area contributed by atoms with Crippen molar-refractivity contribution in [1.82, 2.24) is 0 Å². The Bertz CT molecular complexity index is 132. The van der Waals surface area contributed by atoms with E-state index in [1.54, 1.807) is 12.2 Å². The van der Waals surface area contributed by atoms with Gasteiger partial charge >= 0.3 is 5.97 Å². The molecule has 10 heavy (non-hydrogen) atoms. The van der Waals surface area contributed by atoms with E-state index in [9.17, 15) is 4.79 Å². The Morgan fingerprint density at radius 1 is 1.80 bits per heavy atom. The second-order valence-electron chi connectivity index (χ2n) is 2.10. The smallest absolute Gasteiger partial charge is 0.307 e. The van der Waals surface area contributed by atoms with Gasteiger partial charge in [0.05, 0.1) is 6.42 Å². The zero-order valence-corrected chi connectivity index (χ0v) is 6.08. The molecule has 58 valence electrons. The number of carbonyl (C=O) groups is 1. The molecule has 3 N–H and O–H groups in total. The van der Waals surface area contributed by atoms with E-state index in [4.69, 9.17) is 10.8 Å². The third-order valence-corrected chi connectivity index (χ3v) is 1.15. The first-order valence-corrected chi connectivity index (χ1v) is 3.30. The molecule has 0 rings (SSSR count).